The van der Waals surface area contributed by atoms with Gasteiger partial charge >= 0.3 is 0 Å². The molecule has 3 rings (SSSR count). The maximum absolute atomic E-state index is 12.4. The standard InChI is InChI=1S/C14H22N4O3/c1-20-12-8-13(15-9-12)14(19)18-5-3-17(4-6-18)10-11-2-7-21-16-11/h2,7,12-13,15H,3-6,8-10H2,1H3/t12-,13-/m0/s1. The lowest BCUT2D eigenvalue weighted by Gasteiger charge is -2.35. The molecule has 1 aromatic heterocycles. The summed E-state index contributed by atoms with van der Waals surface area (Å²) in [6, 6.07) is 1.79. The first kappa shape index (κ1) is 14.5. The monoisotopic (exact) mass is 294 g/mol. The van der Waals surface area contributed by atoms with Gasteiger partial charge in [-0.05, 0) is 6.42 Å². The van der Waals surface area contributed by atoms with Crippen LogP contribution in [0.4, 0.5) is 0 Å². The van der Waals surface area contributed by atoms with Crippen molar-refractivity contribution in [3.8, 4) is 0 Å². The van der Waals surface area contributed by atoms with Crippen molar-refractivity contribution in [3.63, 3.8) is 0 Å². The summed E-state index contributed by atoms with van der Waals surface area (Å²) in [5.41, 5.74) is 0.940. The van der Waals surface area contributed by atoms with E-state index in [9.17, 15) is 4.79 Å². The Morgan fingerprint density at radius 1 is 1.48 bits per heavy atom. The number of ether oxygens (including phenoxy) is 1. The third-order valence-corrected chi connectivity index (χ3v) is 4.28. The fourth-order valence-corrected chi connectivity index (χ4v) is 2.97. The molecule has 2 saturated heterocycles. The van der Waals surface area contributed by atoms with Crippen molar-refractivity contribution in [1.29, 1.82) is 0 Å². The number of rotatable bonds is 4. The van der Waals surface area contributed by atoms with Gasteiger partial charge in [0.15, 0.2) is 0 Å². The molecule has 1 amide bonds. The number of hydrogen-bond acceptors (Lipinski definition) is 6. The van der Waals surface area contributed by atoms with Crippen LogP contribution >= 0.6 is 0 Å². The van der Waals surface area contributed by atoms with Crippen LogP contribution in [0.15, 0.2) is 16.9 Å². The molecule has 21 heavy (non-hydrogen) atoms. The average Bonchev–Trinajstić information content (AvgIpc) is 3.18. The van der Waals surface area contributed by atoms with Crippen LogP contribution in [-0.4, -0.2) is 72.8 Å². The third kappa shape index (κ3) is 3.42. The highest BCUT2D eigenvalue weighted by atomic mass is 16.5. The van der Waals surface area contributed by atoms with Crippen molar-refractivity contribution in [2.24, 2.45) is 0 Å². The normalized spacial score (nSPS) is 27.2. The summed E-state index contributed by atoms with van der Waals surface area (Å²) in [6.45, 7) is 4.84. The second-order valence-electron chi connectivity index (χ2n) is 5.65. The van der Waals surface area contributed by atoms with Gasteiger partial charge in [-0.25, -0.2) is 0 Å². The van der Waals surface area contributed by atoms with Gasteiger partial charge in [0, 0.05) is 52.4 Å². The largest absolute Gasteiger partial charge is 0.380 e. The zero-order valence-corrected chi connectivity index (χ0v) is 12.3. The lowest BCUT2D eigenvalue weighted by atomic mass is 10.1. The summed E-state index contributed by atoms with van der Waals surface area (Å²) in [7, 11) is 1.70. The second-order valence-corrected chi connectivity index (χ2v) is 5.65. The number of nitrogens with zero attached hydrogens (tertiary/aromatic N) is 3. The first-order chi connectivity index (χ1) is 10.3. The summed E-state index contributed by atoms with van der Waals surface area (Å²) in [5.74, 6) is 0.204. The molecule has 7 heteroatoms. The van der Waals surface area contributed by atoms with E-state index in [1.165, 1.54) is 0 Å². The van der Waals surface area contributed by atoms with E-state index in [1.54, 1.807) is 13.4 Å². The molecule has 2 aliphatic rings. The van der Waals surface area contributed by atoms with E-state index >= 15 is 0 Å². The molecule has 1 N–H and O–H groups in total. The van der Waals surface area contributed by atoms with Crippen molar-refractivity contribution in [2.45, 2.75) is 25.1 Å². The molecule has 1 aromatic rings. The molecule has 0 radical (unpaired) electrons. The van der Waals surface area contributed by atoms with Crippen molar-refractivity contribution in [1.82, 2.24) is 20.3 Å². The fraction of sp³-hybridized carbons (Fsp3) is 0.714. The Kier molecular flexibility index (Phi) is 4.52. The maximum atomic E-state index is 12.4. The van der Waals surface area contributed by atoms with Crippen LogP contribution in [0.1, 0.15) is 12.1 Å². The lowest BCUT2D eigenvalue weighted by Crippen LogP contribution is -2.52. The molecule has 0 aliphatic carbocycles. The zero-order chi connectivity index (χ0) is 14.7. The minimum Gasteiger partial charge on any atom is -0.380 e. The number of hydrogen-bond donors (Lipinski definition) is 1. The number of nitrogens with one attached hydrogen (secondary N) is 1. The quantitative estimate of drug-likeness (QED) is 0.822. The van der Waals surface area contributed by atoms with Crippen LogP contribution in [0.5, 0.6) is 0 Å². The number of piperazine rings is 1. The third-order valence-electron chi connectivity index (χ3n) is 4.28. The van der Waals surface area contributed by atoms with E-state index in [0.29, 0.717) is 0 Å². The second kappa shape index (κ2) is 6.55. The van der Waals surface area contributed by atoms with Crippen molar-refractivity contribution in [2.75, 3.05) is 39.8 Å². The molecule has 0 spiro atoms. The molecular formula is C14H22N4O3. The predicted octanol–water partition coefficient (Wildman–Crippen LogP) is -0.304. The summed E-state index contributed by atoms with van der Waals surface area (Å²) in [6.07, 6.45) is 2.52. The van der Waals surface area contributed by atoms with Crippen molar-refractivity contribution < 1.29 is 14.1 Å². The van der Waals surface area contributed by atoms with Crippen LogP contribution in [-0.2, 0) is 16.1 Å². The Hall–Kier alpha value is -1.44. The van der Waals surface area contributed by atoms with E-state index in [4.69, 9.17) is 9.26 Å². The van der Waals surface area contributed by atoms with Gasteiger partial charge in [-0.15, -0.1) is 0 Å². The van der Waals surface area contributed by atoms with Gasteiger partial charge in [-0.1, -0.05) is 5.16 Å². The van der Waals surface area contributed by atoms with Crippen LogP contribution in [0.2, 0.25) is 0 Å². The van der Waals surface area contributed by atoms with Gasteiger partial charge in [0.05, 0.1) is 17.8 Å². The first-order valence-corrected chi connectivity index (χ1v) is 7.43. The molecule has 0 bridgehead atoms. The summed E-state index contributed by atoms with van der Waals surface area (Å²) < 4.78 is 10.1. The number of aromatic nitrogens is 1. The summed E-state index contributed by atoms with van der Waals surface area (Å²) in [4.78, 5) is 16.7. The molecule has 2 aliphatic heterocycles. The van der Waals surface area contributed by atoms with E-state index in [0.717, 1.165) is 51.4 Å². The van der Waals surface area contributed by atoms with Crippen molar-refractivity contribution >= 4 is 5.91 Å². The molecule has 0 unspecified atom stereocenters. The molecule has 7 nitrogen and oxygen atoms in total. The van der Waals surface area contributed by atoms with Crippen LogP contribution in [0, 0.1) is 0 Å². The SMILES string of the molecule is CO[C@@H]1CN[C@H](C(=O)N2CCN(Cc3ccon3)CC2)C1. The van der Waals surface area contributed by atoms with E-state index < -0.39 is 0 Å². The van der Waals surface area contributed by atoms with Crippen LogP contribution in [0.25, 0.3) is 0 Å². The highest BCUT2D eigenvalue weighted by Crippen LogP contribution is 2.14. The highest BCUT2D eigenvalue weighted by molar-refractivity contribution is 5.82. The van der Waals surface area contributed by atoms with Gasteiger partial charge in [-0.3, -0.25) is 9.69 Å². The Balaban J connectivity index is 1.46. The van der Waals surface area contributed by atoms with Gasteiger partial charge < -0.3 is 19.5 Å². The molecule has 0 saturated carbocycles. The zero-order valence-electron chi connectivity index (χ0n) is 12.3. The van der Waals surface area contributed by atoms with E-state index in [2.05, 4.69) is 15.4 Å². The smallest absolute Gasteiger partial charge is 0.239 e. The Morgan fingerprint density at radius 3 is 2.90 bits per heavy atom. The molecule has 2 fully saturated rings. The highest BCUT2D eigenvalue weighted by Gasteiger charge is 2.33. The van der Waals surface area contributed by atoms with E-state index in [1.807, 2.05) is 11.0 Å². The number of carbonyl (C=O) groups excluding carboxylic acids is 1. The molecule has 0 aromatic carbocycles. The van der Waals surface area contributed by atoms with Gasteiger partial charge in [0.25, 0.3) is 0 Å². The molecule has 116 valence electrons. The first-order valence-electron chi connectivity index (χ1n) is 7.43. The van der Waals surface area contributed by atoms with Gasteiger partial charge in [0.2, 0.25) is 5.91 Å². The summed E-state index contributed by atoms with van der Waals surface area (Å²) >= 11 is 0. The average molecular weight is 294 g/mol. The Labute approximate surface area is 124 Å². The summed E-state index contributed by atoms with van der Waals surface area (Å²) in [5, 5.41) is 7.17. The fourth-order valence-electron chi connectivity index (χ4n) is 2.97. The predicted molar refractivity (Wildman–Crippen MR) is 75.6 cm³/mol. The Bertz CT molecular complexity index is 457. The van der Waals surface area contributed by atoms with Crippen LogP contribution in [0.3, 0.4) is 0 Å². The van der Waals surface area contributed by atoms with E-state index in [-0.39, 0.29) is 18.1 Å². The molecular weight excluding hydrogens is 272 g/mol. The van der Waals surface area contributed by atoms with Crippen molar-refractivity contribution in [3.05, 3.63) is 18.0 Å². The minimum absolute atomic E-state index is 0.0861. The number of amides is 1. The lowest BCUT2D eigenvalue weighted by molar-refractivity contribution is -0.135. The maximum Gasteiger partial charge on any atom is 0.239 e. The Morgan fingerprint density at radius 2 is 2.29 bits per heavy atom. The van der Waals surface area contributed by atoms with Crippen LogP contribution < -0.4 is 5.32 Å². The molecule has 2 atom stereocenters. The topological polar surface area (TPSA) is 70.8 Å². The minimum atomic E-state index is -0.0861. The number of carbonyl (C=O) groups is 1. The van der Waals surface area contributed by atoms with Gasteiger partial charge in [0.1, 0.15) is 6.26 Å². The molecule has 3 heterocycles. The van der Waals surface area contributed by atoms with Gasteiger partial charge in [-0.2, -0.15) is 0 Å². The number of methoxy groups -OCH3 is 1.